The summed E-state index contributed by atoms with van der Waals surface area (Å²) < 4.78 is 5.36. The second-order valence-electron chi connectivity index (χ2n) is 5.63. The van der Waals surface area contributed by atoms with Crippen LogP contribution < -0.4 is 10.1 Å². The molecule has 0 aromatic heterocycles. The predicted molar refractivity (Wildman–Crippen MR) is 81.8 cm³/mol. The number of hydrogen-bond donors (Lipinski definition) is 1. The van der Waals surface area contributed by atoms with Gasteiger partial charge in [0.2, 0.25) is 0 Å². The number of nitrogens with one attached hydrogen (secondary N) is 1. The summed E-state index contributed by atoms with van der Waals surface area (Å²) in [6, 6.07) is 6.79. The molecule has 0 spiro atoms. The van der Waals surface area contributed by atoms with Crippen molar-refractivity contribution in [3.05, 3.63) is 28.8 Å². The minimum absolute atomic E-state index is 0.0968. The van der Waals surface area contributed by atoms with Crippen LogP contribution in [0.15, 0.2) is 18.2 Å². The lowest BCUT2D eigenvalue weighted by Crippen LogP contribution is -2.48. The van der Waals surface area contributed by atoms with Gasteiger partial charge in [-0.05, 0) is 50.8 Å². The van der Waals surface area contributed by atoms with Crippen molar-refractivity contribution in [2.24, 2.45) is 5.92 Å². The topological polar surface area (TPSA) is 79.2 Å². The molecule has 116 valence electrons. The average Bonchev–Trinajstić information content (AvgIpc) is 3.30. The van der Waals surface area contributed by atoms with Gasteiger partial charge in [-0.1, -0.05) is 11.6 Å². The summed E-state index contributed by atoms with van der Waals surface area (Å²) in [4.78, 5) is 23.2. The summed E-state index contributed by atoms with van der Waals surface area (Å²) in [5.74, 6) is 0.0647. The van der Waals surface area contributed by atoms with E-state index in [2.05, 4.69) is 11.4 Å². The SMILES string of the molecule is CC(=O)c1ccc(OCC(=O)NC(C)(C#N)C2CC2)c(Cl)c1. The molecule has 22 heavy (non-hydrogen) atoms. The van der Waals surface area contributed by atoms with Crippen molar-refractivity contribution in [3.63, 3.8) is 0 Å². The molecule has 1 fully saturated rings. The molecule has 0 aliphatic heterocycles. The number of nitrogens with zero attached hydrogens (tertiary/aromatic N) is 1. The van der Waals surface area contributed by atoms with Crippen LogP contribution in [0.2, 0.25) is 5.02 Å². The van der Waals surface area contributed by atoms with Crippen LogP contribution in [0, 0.1) is 17.2 Å². The molecule has 0 bridgehead atoms. The van der Waals surface area contributed by atoms with Crippen LogP contribution in [0.3, 0.4) is 0 Å². The van der Waals surface area contributed by atoms with Crippen LogP contribution in [0.25, 0.3) is 0 Å². The highest BCUT2D eigenvalue weighted by Gasteiger charge is 2.43. The maximum Gasteiger partial charge on any atom is 0.259 e. The van der Waals surface area contributed by atoms with Crippen LogP contribution in [-0.2, 0) is 4.79 Å². The van der Waals surface area contributed by atoms with Gasteiger partial charge in [-0.25, -0.2) is 0 Å². The summed E-state index contributed by atoms with van der Waals surface area (Å²) in [7, 11) is 0. The van der Waals surface area contributed by atoms with Crippen LogP contribution in [0.5, 0.6) is 5.75 Å². The molecular weight excluding hydrogens is 304 g/mol. The standard InChI is InChI=1S/C16H17ClN2O3/c1-10(20)11-3-6-14(13(17)7-11)22-8-15(21)19-16(2,9-18)12-4-5-12/h3,6-7,12H,4-5,8H2,1-2H3,(H,19,21). The normalized spacial score (nSPS) is 16.3. The number of halogens is 1. The third-order valence-corrected chi connectivity index (χ3v) is 4.02. The number of rotatable bonds is 6. The van der Waals surface area contributed by atoms with E-state index in [9.17, 15) is 14.9 Å². The smallest absolute Gasteiger partial charge is 0.259 e. The lowest BCUT2D eigenvalue weighted by atomic mass is 9.98. The summed E-state index contributed by atoms with van der Waals surface area (Å²) >= 11 is 6.02. The molecule has 1 unspecified atom stereocenters. The first kappa shape index (κ1) is 16.3. The van der Waals surface area contributed by atoms with Gasteiger partial charge < -0.3 is 10.1 Å². The molecule has 1 atom stereocenters. The summed E-state index contributed by atoms with van der Waals surface area (Å²) in [5, 5.41) is 12.2. The van der Waals surface area contributed by atoms with E-state index in [1.54, 1.807) is 19.1 Å². The number of amides is 1. The molecule has 1 aromatic rings. The zero-order valence-electron chi connectivity index (χ0n) is 12.5. The third kappa shape index (κ3) is 3.77. The van der Waals surface area contributed by atoms with Crippen molar-refractivity contribution in [3.8, 4) is 11.8 Å². The van der Waals surface area contributed by atoms with Crippen molar-refractivity contribution in [2.75, 3.05) is 6.61 Å². The number of carbonyl (C=O) groups is 2. The van der Waals surface area contributed by atoms with Crippen LogP contribution in [0.4, 0.5) is 0 Å². The highest BCUT2D eigenvalue weighted by molar-refractivity contribution is 6.32. The van der Waals surface area contributed by atoms with Gasteiger partial charge in [0.25, 0.3) is 5.91 Å². The summed E-state index contributed by atoms with van der Waals surface area (Å²) in [6.07, 6.45) is 1.90. The molecule has 5 nitrogen and oxygen atoms in total. The van der Waals surface area contributed by atoms with E-state index in [-0.39, 0.29) is 29.2 Å². The van der Waals surface area contributed by atoms with Crippen molar-refractivity contribution in [2.45, 2.75) is 32.2 Å². The lowest BCUT2D eigenvalue weighted by molar-refractivity contribution is -0.124. The molecule has 6 heteroatoms. The number of ether oxygens (including phenoxy) is 1. The Hall–Kier alpha value is -2.06. The summed E-state index contributed by atoms with van der Waals surface area (Å²) in [6.45, 7) is 2.93. The number of Topliss-reactive ketones (excluding diaryl/α,β-unsaturated/α-hetero) is 1. The Morgan fingerprint density at radius 1 is 1.50 bits per heavy atom. The van der Waals surface area contributed by atoms with Gasteiger partial charge in [-0.3, -0.25) is 9.59 Å². The third-order valence-electron chi connectivity index (χ3n) is 3.72. The van der Waals surface area contributed by atoms with E-state index in [1.165, 1.54) is 13.0 Å². The second kappa shape index (κ2) is 6.37. The highest BCUT2D eigenvalue weighted by Crippen LogP contribution is 2.39. The van der Waals surface area contributed by atoms with E-state index in [0.717, 1.165) is 12.8 Å². The minimum atomic E-state index is -0.845. The van der Waals surface area contributed by atoms with Gasteiger partial charge in [0.1, 0.15) is 11.3 Å². The largest absolute Gasteiger partial charge is 0.482 e. The fourth-order valence-corrected chi connectivity index (χ4v) is 2.42. The van der Waals surface area contributed by atoms with Gasteiger partial charge in [0.05, 0.1) is 11.1 Å². The molecule has 1 saturated carbocycles. The van der Waals surface area contributed by atoms with E-state index in [1.807, 2.05) is 0 Å². The lowest BCUT2D eigenvalue weighted by Gasteiger charge is -2.22. The quantitative estimate of drug-likeness (QED) is 0.817. The average molecular weight is 321 g/mol. The zero-order valence-corrected chi connectivity index (χ0v) is 13.2. The van der Waals surface area contributed by atoms with Crippen molar-refractivity contribution >= 4 is 23.3 Å². The Balaban J connectivity index is 1.94. The fourth-order valence-electron chi connectivity index (χ4n) is 2.19. The van der Waals surface area contributed by atoms with Crippen molar-refractivity contribution in [1.29, 1.82) is 5.26 Å². The summed E-state index contributed by atoms with van der Waals surface area (Å²) in [5.41, 5.74) is -0.365. The fraction of sp³-hybridized carbons (Fsp3) is 0.438. The first-order valence-corrected chi connectivity index (χ1v) is 7.39. The van der Waals surface area contributed by atoms with Crippen LogP contribution in [-0.4, -0.2) is 23.8 Å². The number of nitriles is 1. The van der Waals surface area contributed by atoms with Gasteiger partial charge in [-0.2, -0.15) is 5.26 Å². The molecule has 0 radical (unpaired) electrons. The Bertz CT molecular complexity index is 649. The van der Waals surface area contributed by atoms with E-state index in [4.69, 9.17) is 16.3 Å². The molecule has 1 aliphatic rings. The maximum atomic E-state index is 11.9. The number of benzene rings is 1. The van der Waals surface area contributed by atoms with E-state index >= 15 is 0 Å². The van der Waals surface area contributed by atoms with Crippen molar-refractivity contribution < 1.29 is 14.3 Å². The monoisotopic (exact) mass is 320 g/mol. The molecular formula is C16H17ClN2O3. The molecule has 2 rings (SSSR count). The maximum absolute atomic E-state index is 11.9. The van der Waals surface area contributed by atoms with Gasteiger partial charge in [0, 0.05) is 5.56 Å². The van der Waals surface area contributed by atoms with Crippen LogP contribution >= 0.6 is 11.6 Å². The predicted octanol–water partition coefficient (Wildman–Crippen LogP) is 2.73. The highest BCUT2D eigenvalue weighted by atomic mass is 35.5. The molecule has 1 aliphatic carbocycles. The Labute approximate surface area is 134 Å². The Morgan fingerprint density at radius 3 is 2.68 bits per heavy atom. The molecule has 1 amide bonds. The first-order chi connectivity index (χ1) is 10.4. The van der Waals surface area contributed by atoms with E-state index < -0.39 is 5.54 Å². The van der Waals surface area contributed by atoms with Crippen LogP contribution in [0.1, 0.15) is 37.0 Å². The Kier molecular flexibility index (Phi) is 4.72. The minimum Gasteiger partial charge on any atom is -0.482 e. The van der Waals surface area contributed by atoms with E-state index in [0.29, 0.717) is 11.3 Å². The number of carbonyl (C=O) groups excluding carboxylic acids is 2. The van der Waals surface area contributed by atoms with Crippen molar-refractivity contribution in [1.82, 2.24) is 5.32 Å². The molecule has 0 heterocycles. The van der Waals surface area contributed by atoms with Gasteiger partial charge in [0.15, 0.2) is 12.4 Å². The van der Waals surface area contributed by atoms with Gasteiger partial charge in [-0.15, -0.1) is 0 Å². The molecule has 1 N–H and O–H groups in total. The van der Waals surface area contributed by atoms with Gasteiger partial charge >= 0.3 is 0 Å². The molecule has 1 aromatic carbocycles. The Morgan fingerprint density at radius 2 is 2.18 bits per heavy atom. The number of hydrogen-bond acceptors (Lipinski definition) is 4. The molecule has 0 saturated heterocycles. The number of ketones is 1. The second-order valence-corrected chi connectivity index (χ2v) is 6.03. The zero-order chi connectivity index (χ0) is 16.3. The first-order valence-electron chi connectivity index (χ1n) is 7.01.